The van der Waals surface area contributed by atoms with E-state index in [0.29, 0.717) is 0 Å². The van der Waals surface area contributed by atoms with E-state index in [2.05, 4.69) is 11.7 Å². The van der Waals surface area contributed by atoms with Crippen molar-refractivity contribution in [3.8, 4) is 5.75 Å². The molecule has 0 atom stereocenters. The predicted octanol–water partition coefficient (Wildman–Crippen LogP) is 3.65. The van der Waals surface area contributed by atoms with Gasteiger partial charge < -0.3 is 4.74 Å². The molecule has 1 aromatic heterocycles. The number of aromatic nitrogens is 2. The number of hydrogen-bond acceptors (Lipinski definition) is 3. The summed E-state index contributed by atoms with van der Waals surface area (Å²) in [5.74, 6) is 0.552. The van der Waals surface area contributed by atoms with Gasteiger partial charge in [0.15, 0.2) is 6.61 Å². The van der Waals surface area contributed by atoms with Gasteiger partial charge in [-0.1, -0.05) is 30.4 Å². The Morgan fingerprint density at radius 1 is 1.27 bits per heavy atom. The van der Waals surface area contributed by atoms with Crippen LogP contribution in [0.5, 0.6) is 5.75 Å². The van der Waals surface area contributed by atoms with Crippen LogP contribution in [0.4, 0.5) is 0 Å². The monoisotopic (exact) mass is 298 g/mol. The normalized spacial score (nSPS) is 10.5. The average Bonchev–Trinajstić information content (AvgIpc) is 2.74. The van der Waals surface area contributed by atoms with E-state index in [9.17, 15) is 4.79 Å². The lowest BCUT2D eigenvalue weighted by Gasteiger charge is -2.09. The molecule has 4 nitrogen and oxygen atoms in total. The second kappa shape index (κ2) is 6.60. The van der Waals surface area contributed by atoms with Gasteiger partial charge >= 0.3 is 0 Å². The molecular formula is C18H22N2O2. The van der Waals surface area contributed by atoms with E-state index in [1.54, 1.807) is 0 Å². The van der Waals surface area contributed by atoms with Gasteiger partial charge in [-0.3, -0.25) is 4.79 Å². The third-order valence-corrected chi connectivity index (χ3v) is 3.60. The lowest BCUT2D eigenvalue weighted by molar-refractivity contribution is 0.0817. The maximum Gasteiger partial charge on any atom is 0.284 e. The SMILES string of the molecule is C=C(C)Cc1c(C)nn(C(=O)COc2ccccc2C)c1C. The van der Waals surface area contributed by atoms with Gasteiger partial charge in [-0.05, 0) is 45.7 Å². The molecular weight excluding hydrogens is 276 g/mol. The molecule has 116 valence electrons. The molecule has 0 N–H and O–H groups in total. The van der Waals surface area contributed by atoms with Crippen molar-refractivity contribution < 1.29 is 9.53 Å². The molecule has 1 heterocycles. The second-order valence-electron chi connectivity index (χ2n) is 5.64. The molecule has 0 fully saturated rings. The third-order valence-electron chi connectivity index (χ3n) is 3.60. The Morgan fingerprint density at radius 3 is 2.59 bits per heavy atom. The molecule has 0 aliphatic heterocycles. The van der Waals surface area contributed by atoms with Crippen molar-refractivity contribution in [1.29, 1.82) is 0 Å². The number of hydrogen-bond donors (Lipinski definition) is 0. The van der Waals surface area contributed by atoms with E-state index >= 15 is 0 Å². The van der Waals surface area contributed by atoms with Crippen molar-refractivity contribution in [2.75, 3.05) is 6.61 Å². The molecule has 0 radical (unpaired) electrons. The van der Waals surface area contributed by atoms with Crippen LogP contribution in [0.3, 0.4) is 0 Å². The highest BCUT2D eigenvalue weighted by molar-refractivity contribution is 5.80. The molecule has 0 aliphatic carbocycles. The summed E-state index contributed by atoms with van der Waals surface area (Å²) >= 11 is 0. The Balaban J connectivity index is 2.13. The van der Waals surface area contributed by atoms with Crippen LogP contribution < -0.4 is 4.74 Å². The summed E-state index contributed by atoms with van der Waals surface area (Å²) in [7, 11) is 0. The summed E-state index contributed by atoms with van der Waals surface area (Å²) in [6.07, 6.45) is 0.740. The van der Waals surface area contributed by atoms with Gasteiger partial charge in [0.25, 0.3) is 5.91 Å². The fraction of sp³-hybridized carbons (Fsp3) is 0.333. The summed E-state index contributed by atoms with van der Waals surface area (Å²) in [5.41, 5.74) is 4.85. The first-order valence-corrected chi connectivity index (χ1v) is 7.31. The number of ether oxygens (including phenoxy) is 1. The zero-order valence-electron chi connectivity index (χ0n) is 13.6. The number of carbonyl (C=O) groups excluding carboxylic acids is 1. The van der Waals surface area contributed by atoms with Gasteiger partial charge in [-0.2, -0.15) is 5.10 Å². The summed E-state index contributed by atoms with van der Waals surface area (Å²) in [6.45, 7) is 11.6. The standard InChI is InChI=1S/C18H22N2O2/c1-12(2)10-16-14(4)19-20(15(16)5)18(21)11-22-17-9-7-6-8-13(17)3/h6-9H,1,10-11H2,2-5H3. The van der Waals surface area contributed by atoms with Crippen LogP contribution in [0.1, 0.15) is 34.2 Å². The zero-order chi connectivity index (χ0) is 16.3. The summed E-state index contributed by atoms with van der Waals surface area (Å²) in [6, 6.07) is 7.64. The van der Waals surface area contributed by atoms with Gasteiger partial charge in [0.05, 0.1) is 5.69 Å². The molecule has 2 aromatic rings. The number of nitrogens with zero attached hydrogens (tertiary/aromatic N) is 2. The zero-order valence-corrected chi connectivity index (χ0v) is 13.6. The number of carbonyl (C=O) groups is 1. The first-order chi connectivity index (χ1) is 10.4. The van der Waals surface area contributed by atoms with Crippen molar-refractivity contribution >= 4 is 5.91 Å². The van der Waals surface area contributed by atoms with Crippen molar-refractivity contribution in [3.63, 3.8) is 0 Å². The van der Waals surface area contributed by atoms with Crippen molar-refractivity contribution in [1.82, 2.24) is 9.78 Å². The first kappa shape index (κ1) is 16.0. The molecule has 0 bridgehead atoms. The van der Waals surface area contributed by atoms with E-state index in [-0.39, 0.29) is 12.5 Å². The lowest BCUT2D eigenvalue weighted by Crippen LogP contribution is -2.22. The lowest BCUT2D eigenvalue weighted by atomic mass is 10.1. The van der Waals surface area contributed by atoms with Gasteiger partial charge in [-0.15, -0.1) is 0 Å². The molecule has 0 aliphatic rings. The van der Waals surface area contributed by atoms with Crippen molar-refractivity contribution in [2.24, 2.45) is 0 Å². The van der Waals surface area contributed by atoms with Gasteiger partial charge in [0, 0.05) is 11.3 Å². The fourth-order valence-corrected chi connectivity index (χ4v) is 2.39. The highest BCUT2D eigenvalue weighted by Gasteiger charge is 2.17. The maximum atomic E-state index is 12.4. The summed E-state index contributed by atoms with van der Waals surface area (Å²) < 4.78 is 7.05. The Hall–Kier alpha value is -2.36. The Labute approximate surface area is 131 Å². The van der Waals surface area contributed by atoms with E-state index in [1.165, 1.54) is 4.68 Å². The topological polar surface area (TPSA) is 44.1 Å². The second-order valence-corrected chi connectivity index (χ2v) is 5.64. The van der Waals surface area contributed by atoms with E-state index in [4.69, 9.17) is 4.74 Å². The number of aryl methyl sites for hydroxylation is 2. The summed E-state index contributed by atoms with van der Waals surface area (Å²) in [4.78, 5) is 12.4. The molecule has 0 saturated heterocycles. The van der Waals surface area contributed by atoms with Crippen LogP contribution in [0.25, 0.3) is 0 Å². The minimum absolute atomic E-state index is 0.0284. The Bertz CT molecular complexity index is 714. The number of allylic oxidation sites excluding steroid dienone is 1. The van der Waals surface area contributed by atoms with Gasteiger partial charge in [0.1, 0.15) is 5.75 Å². The molecule has 0 unspecified atom stereocenters. The Morgan fingerprint density at radius 2 is 1.95 bits per heavy atom. The van der Waals surface area contributed by atoms with E-state index in [1.807, 2.05) is 52.0 Å². The minimum atomic E-state index is -0.170. The Kier molecular flexibility index (Phi) is 4.81. The van der Waals surface area contributed by atoms with Crippen molar-refractivity contribution in [3.05, 3.63) is 58.9 Å². The third kappa shape index (κ3) is 3.45. The summed E-state index contributed by atoms with van der Waals surface area (Å²) in [5, 5.41) is 4.34. The molecule has 0 saturated carbocycles. The predicted molar refractivity (Wildman–Crippen MR) is 87.5 cm³/mol. The molecule has 0 amide bonds. The van der Waals surface area contributed by atoms with Crippen molar-refractivity contribution in [2.45, 2.75) is 34.1 Å². The minimum Gasteiger partial charge on any atom is -0.483 e. The smallest absolute Gasteiger partial charge is 0.284 e. The molecule has 0 spiro atoms. The number of benzene rings is 1. The van der Waals surface area contributed by atoms with Crippen LogP contribution >= 0.6 is 0 Å². The molecule has 4 heteroatoms. The first-order valence-electron chi connectivity index (χ1n) is 7.31. The molecule has 2 rings (SSSR count). The quantitative estimate of drug-likeness (QED) is 0.791. The van der Waals surface area contributed by atoms with E-state index < -0.39 is 0 Å². The van der Waals surface area contributed by atoms with Crippen LogP contribution in [-0.4, -0.2) is 22.3 Å². The highest BCUT2D eigenvalue weighted by atomic mass is 16.5. The largest absolute Gasteiger partial charge is 0.483 e. The molecule has 22 heavy (non-hydrogen) atoms. The molecule has 1 aromatic carbocycles. The van der Waals surface area contributed by atoms with Gasteiger partial charge in [0.2, 0.25) is 0 Å². The fourth-order valence-electron chi connectivity index (χ4n) is 2.39. The van der Waals surface area contributed by atoms with Crippen LogP contribution in [0.2, 0.25) is 0 Å². The maximum absolute atomic E-state index is 12.4. The van der Waals surface area contributed by atoms with Crippen LogP contribution in [0, 0.1) is 20.8 Å². The highest BCUT2D eigenvalue weighted by Crippen LogP contribution is 2.18. The van der Waals surface area contributed by atoms with Crippen LogP contribution in [0.15, 0.2) is 36.4 Å². The van der Waals surface area contributed by atoms with Crippen LogP contribution in [-0.2, 0) is 6.42 Å². The van der Waals surface area contributed by atoms with E-state index in [0.717, 1.165) is 40.3 Å². The number of para-hydroxylation sites is 1. The number of rotatable bonds is 5. The van der Waals surface area contributed by atoms with Gasteiger partial charge in [-0.25, -0.2) is 4.68 Å². The average molecular weight is 298 g/mol.